The molecule has 1 atom stereocenters. The van der Waals surface area contributed by atoms with Gasteiger partial charge in [-0.05, 0) is 23.9 Å². The van der Waals surface area contributed by atoms with Crippen molar-refractivity contribution in [3.8, 4) is 0 Å². The Labute approximate surface area is 89.6 Å². The van der Waals surface area contributed by atoms with Crippen LogP contribution in [0.4, 0.5) is 5.95 Å². The average Bonchev–Trinajstić information content (AvgIpc) is 2.86. The summed E-state index contributed by atoms with van der Waals surface area (Å²) in [6.45, 7) is 6.14. The van der Waals surface area contributed by atoms with Gasteiger partial charge in [-0.2, -0.15) is 4.98 Å². The van der Waals surface area contributed by atoms with Crippen molar-refractivity contribution in [1.82, 2.24) is 10.1 Å². The van der Waals surface area contributed by atoms with Gasteiger partial charge in [-0.15, -0.1) is 0 Å². The molecule has 0 spiro atoms. The molecule has 1 saturated heterocycles. The molecule has 0 bridgehead atoms. The quantitative estimate of drug-likeness (QED) is 0.815. The van der Waals surface area contributed by atoms with Crippen LogP contribution in [-0.4, -0.2) is 23.2 Å². The number of rotatable bonds is 3. The number of nitrogens with zero attached hydrogens (tertiary/aromatic N) is 3. The van der Waals surface area contributed by atoms with E-state index in [-0.39, 0.29) is 6.04 Å². The van der Waals surface area contributed by atoms with Gasteiger partial charge in [-0.25, -0.2) is 0 Å². The standard InChI is InChI=1S/C10H18N4O/c1-7(2)8(11)9-12-10(13-15-9)14-5-3-4-6-14/h7-8H,3-6,11H2,1-2H3/t8-/m0/s1. The van der Waals surface area contributed by atoms with Crippen LogP contribution in [-0.2, 0) is 0 Å². The molecule has 2 N–H and O–H groups in total. The molecule has 1 aromatic heterocycles. The zero-order chi connectivity index (χ0) is 10.8. The third-order valence-electron chi connectivity index (χ3n) is 2.82. The fraction of sp³-hybridized carbons (Fsp3) is 0.800. The summed E-state index contributed by atoms with van der Waals surface area (Å²) in [6, 6.07) is -0.158. The monoisotopic (exact) mass is 210 g/mol. The van der Waals surface area contributed by atoms with E-state index >= 15 is 0 Å². The van der Waals surface area contributed by atoms with E-state index in [4.69, 9.17) is 10.3 Å². The Bertz CT molecular complexity index is 300. The Morgan fingerprint density at radius 2 is 2.00 bits per heavy atom. The molecular formula is C10H18N4O. The summed E-state index contributed by atoms with van der Waals surface area (Å²) < 4.78 is 5.17. The Balaban J connectivity index is 2.09. The van der Waals surface area contributed by atoms with Crippen LogP contribution in [0, 0.1) is 5.92 Å². The molecule has 0 unspecified atom stereocenters. The predicted octanol–water partition coefficient (Wildman–Crippen LogP) is 1.33. The molecule has 84 valence electrons. The molecule has 0 saturated carbocycles. The fourth-order valence-corrected chi connectivity index (χ4v) is 1.69. The van der Waals surface area contributed by atoms with E-state index in [1.807, 2.05) is 13.8 Å². The third-order valence-corrected chi connectivity index (χ3v) is 2.82. The lowest BCUT2D eigenvalue weighted by Crippen LogP contribution is -2.20. The summed E-state index contributed by atoms with van der Waals surface area (Å²) in [6.07, 6.45) is 2.42. The summed E-state index contributed by atoms with van der Waals surface area (Å²) in [5, 5.41) is 3.96. The molecule has 1 aliphatic heterocycles. The number of nitrogens with two attached hydrogens (primary N) is 1. The molecule has 15 heavy (non-hydrogen) atoms. The van der Waals surface area contributed by atoms with Gasteiger partial charge >= 0.3 is 0 Å². The molecule has 1 fully saturated rings. The minimum Gasteiger partial charge on any atom is -0.338 e. The number of aromatic nitrogens is 2. The minimum absolute atomic E-state index is 0.158. The first-order chi connectivity index (χ1) is 7.18. The van der Waals surface area contributed by atoms with E-state index in [1.54, 1.807) is 0 Å². The molecule has 1 aliphatic rings. The zero-order valence-electron chi connectivity index (χ0n) is 9.31. The summed E-state index contributed by atoms with van der Waals surface area (Å²) in [5.74, 6) is 1.56. The van der Waals surface area contributed by atoms with Crippen LogP contribution in [0.25, 0.3) is 0 Å². The Morgan fingerprint density at radius 3 is 2.60 bits per heavy atom. The normalized spacial score (nSPS) is 18.8. The SMILES string of the molecule is CC(C)[C@H](N)c1nc(N2CCCC2)no1. The number of anilines is 1. The first-order valence-corrected chi connectivity index (χ1v) is 5.52. The van der Waals surface area contributed by atoms with Gasteiger partial charge < -0.3 is 15.2 Å². The van der Waals surface area contributed by atoms with Crippen LogP contribution in [0.15, 0.2) is 4.52 Å². The van der Waals surface area contributed by atoms with Gasteiger partial charge in [0.05, 0.1) is 6.04 Å². The third kappa shape index (κ3) is 2.12. The van der Waals surface area contributed by atoms with E-state index < -0.39 is 0 Å². The minimum atomic E-state index is -0.158. The summed E-state index contributed by atoms with van der Waals surface area (Å²) in [4.78, 5) is 6.48. The number of hydrogen-bond donors (Lipinski definition) is 1. The van der Waals surface area contributed by atoms with E-state index in [9.17, 15) is 0 Å². The van der Waals surface area contributed by atoms with Crippen LogP contribution < -0.4 is 10.6 Å². The average molecular weight is 210 g/mol. The van der Waals surface area contributed by atoms with E-state index in [0.29, 0.717) is 17.8 Å². The van der Waals surface area contributed by atoms with E-state index in [0.717, 1.165) is 13.1 Å². The van der Waals surface area contributed by atoms with Crippen molar-refractivity contribution < 1.29 is 4.52 Å². The van der Waals surface area contributed by atoms with Crippen LogP contribution in [0.2, 0.25) is 0 Å². The van der Waals surface area contributed by atoms with Crippen LogP contribution in [0.1, 0.15) is 38.6 Å². The van der Waals surface area contributed by atoms with Crippen LogP contribution >= 0.6 is 0 Å². The van der Waals surface area contributed by atoms with Crippen molar-refractivity contribution in [1.29, 1.82) is 0 Å². The Hall–Kier alpha value is -1.10. The molecular weight excluding hydrogens is 192 g/mol. The molecule has 0 aliphatic carbocycles. The molecule has 5 nitrogen and oxygen atoms in total. The Kier molecular flexibility index (Phi) is 2.90. The molecule has 0 amide bonds. The van der Waals surface area contributed by atoms with Crippen molar-refractivity contribution in [2.24, 2.45) is 11.7 Å². The van der Waals surface area contributed by atoms with Gasteiger partial charge in [0.25, 0.3) is 5.95 Å². The lowest BCUT2D eigenvalue weighted by Gasteiger charge is -2.11. The summed E-state index contributed by atoms with van der Waals surface area (Å²) in [5.41, 5.74) is 5.94. The van der Waals surface area contributed by atoms with Gasteiger partial charge in [0, 0.05) is 13.1 Å². The highest BCUT2D eigenvalue weighted by Gasteiger charge is 2.22. The molecule has 2 heterocycles. The molecule has 0 aromatic carbocycles. The summed E-state index contributed by atoms with van der Waals surface area (Å²) in [7, 11) is 0. The van der Waals surface area contributed by atoms with Crippen molar-refractivity contribution in [3.05, 3.63) is 5.89 Å². The molecule has 2 rings (SSSR count). The topological polar surface area (TPSA) is 68.2 Å². The largest absolute Gasteiger partial charge is 0.338 e. The zero-order valence-corrected chi connectivity index (χ0v) is 9.31. The van der Waals surface area contributed by atoms with E-state index in [1.165, 1.54) is 12.8 Å². The second-order valence-corrected chi connectivity index (χ2v) is 4.40. The first kappa shape index (κ1) is 10.4. The number of hydrogen-bond acceptors (Lipinski definition) is 5. The second-order valence-electron chi connectivity index (χ2n) is 4.40. The van der Waals surface area contributed by atoms with Crippen molar-refractivity contribution in [2.45, 2.75) is 32.7 Å². The maximum Gasteiger partial charge on any atom is 0.266 e. The van der Waals surface area contributed by atoms with Gasteiger partial charge in [0.1, 0.15) is 0 Å². The van der Waals surface area contributed by atoms with Gasteiger partial charge in [-0.1, -0.05) is 13.8 Å². The van der Waals surface area contributed by atoms with Crippen molar-refractivity contribution >= 4 is 5.95 Å². The lowest BCUT2D eigenvalue weighted by atomic mass is 10.1. The van der Waals surface area contributed by atoms with Crippen molar-refractivity contribution in [3.63, 3.8) is 0 Å². The van der Waals surface area contributed by atoms with Crippen molar-refractivity contribution in [2.75, 3.05) is 18.0 Å². The van der Waals surface area contributed by atoms with Crippen LogP contribution in [0.5, 0.6) is 0 Å². The lowest BCUT2D eigenvalue weighted by molar-refractivity contribution is 0.324. The van der Waals surface area contributed by atoms with Crippen LogP contribution in [0.3, 0.4) is 0 Å². The van der Waals surface area contributed by atoms with Gasteiger partial charge in [0.2, 0.25) is 5.89 Å². The van der Waals surface area contributed by atoms with E-state index in [2.05, 4.69) is 15.0 Å². The maximum atomic E-state index is 5.94. The highest BCUT2D eigenvalue weighted by Crippen LogP contribution is 2.21. The first-order valence-electron chi connectivity index (χ1n) is 5.52. The van der Waals surface area contributed by atoms with Gasteiger partial charge in [0.15, 0.2) is 0 Å². The second kappa shape index (κ2) is 4.18. The maximum absolute atomic E-state index is 5.94. The fourth-order valence-electron chi connectivity index (χ4n) is 1.69. The van der Waals surface area contributed by atoms with Gasteiger partial charge in [-0.3, -0.25) is 0 Å². The highest BCUT2D eigenvalue weighted by molar-refractivity contribution is 5.29. The predicted molar refractivity (Wildman–Crippen MR) is 57.5 cm³/mol. The summed E-state index contributed by atoms with van der Waals surface area (Å²) >= 11 is 0. The molecule has 5 heteroatoms. The molecule has 0 radical (unpaired) electrons. The Morgan fingerprint density at radius 1 is 1.33 bits per heavy atom. The highest BCUT2D eigenvalue weighted by atomic mass is 16.5. The molecule has 1 aromatic rings. The smallest absolute Gasteiger partial charge is 0.266 e.